The monoisotopic (exact) mass is 279 g/mol. The van der Waals surface area contributed by atoms with E-state index in [1.807, 2.05) is 18.2 Å². The Hall–Kier alpha value is -1.26. The normalized spacial score (nSPS) is 22.8. The minimum absolute atomic E-state index is 0.132. The number of ether oxygens (including phenoxy) is 1. The molecular weight excluding hydrogens is 262 g/mol. The van der Waals surface area contributed by atoms with Crippen molar-refractivity contribution in [2.45, 2.75) is 38.3 Å². The average Bonchev–Trinajstić information content (AvgIpc) is 2.65. The van der Waals surface area contributed by atoms with E-state index >= 15 is 0 Å². The molecule has 5 heteroatoms. The standard InChI is InChI=1S/C14H18ClN3O/c1-14(2)8-9(6-7-19-14)18-12-10(15)4-3-5-11(12)17-13(18)16/h3-5,9H,6-8H2,1-2H3,(H2,16,17). The summed E-state index contributed by atoms with van der Waals surface area (Å²) in [4.78, 5) is 4.41. The molecule has 3 rings (SSSR count). The van der Waals surface area contributed by atoms with Crippen LogP contribution >= 0.6 is 11.6 Å². The molecule has 1 unspecified atom stereocenters. The number of hydrogen-bond donors (Lipinski definition) is 1. The van der Waals surface area contributed by atoms with Gasteiger partial charge in [-0.05, 0) is 38.8 Å². The minimum atomic E-state index is -0.132. The van der Waals surface area contributed by atoms with E-state index in [2.05, 4.69) is 23.4 Å². The molecule has 4 nitrogen and oxygen atoms in total. The predicted octanol–water partition coefficient (Wildman–Crippen LogP) is 3.40. The number of imidazole rings is 1. The molecule has 0 spiro atoms. The number of para-hydroxylation sites is 1. The molecule has 1 aliphatic heterocycles. The Morgan fingerprint density at radius 3 is 3.00 bits per heavy atom. The Balaban J connectivity index is 2.12. The number of nitrogen functional groups attached to an aromatic ring is 1. The SMILES string of the molecule is CC1(C)CC(n2c(N)nc3cccc(Cl)c32)CCO1. The fraction of sp³-hybridized carbons (Fsp3) is 0.500. The fourth-order valence-corrected chi connectivity index (χ4v) is 3.17. The molecule has 0 aliphatic carbocycles. The van der Waals surface area contributed by atoms with E-state index in [9.17, 15) is 0 Å². The molecule has 1 saturated heterocycles. The molecule has 2 heterocycles. The van der Waals surface area contributed by atoms with Gasteiger partial charge in [0.15, 0.2) is 0 Å². The molecule has 19 heavy (non-hydrogen) atoms. The van der Waals surface area contributed by atoms with Gasteiger partial charge >= 0.3 is 0 Å². The molecule has 1 fully saturated rings. The van der Waals surface area contributed by atoms with Crippen molar-refractivity contribution in [2.75, 3.05) is 12.3 Å². The fourth-order valence-electron chi connectivity index (χ4n) is 2.91. The maximum atomic E-state index is 6.32. The van der Waals surface area contributed by atoms with Gasteiger partial charge in [-0.1, -0.05) is 17.7 Å². The number of nitrogens with zero attached hydrogens (tertiary/aromatic N) is 2. The third-order valence-corrected chi connectivity index (χ3v) is 4.03. The first kappa shape index (κ1) is 12.8. The highest BCUT2D eigenvalue weighted by molar-refractivity contribution is 6.35. The maximum absolute atomic E-state index is 6.32. The molecule has 1 atom stereocenters. The molecule has 1 aromatic carbocycles. The van der Waals surface area contributed by atoms with Crippen molar-refractivity contribution in [3.8, 4) is 0 Å². The quantitative estimate of drug-likeness (QED) is 0.870. The van der Waals surface area contributed by atoms with Crippen molar-refractivity contribution in [1.82, 2.24) is 9.55 Å². The van der Waals surface area contributed by atoms with Crippen LogP contribution in [0.25, 0.3) is 11.0 Å². The number of aromatic nitrogens is 2. The molecule has 2 N–H and O–H groups in total. The predicted molar refractivity (Wildman–Crippen MR) is 77.5 cm³/mol. The van der Waals surface area contributed by atoms with E-state index in [0.717, 1.165) is 30.5 Å². The van der Waals surface area contributed by atoms with Crippen LogP contribution < -0.4 is 5.73 Å². The summed E-state index contributed by atoms with van der Waals surface area (Å²) in [6.07, 6.45) is 1.85. The van der Waals surface area contributed by atoms with Gasteiger partial charge in [0, 0.05) is 12.6 Å². The lowest BCUT2D eigenvalue weighted by molar-refractivity contribution is -0.0682. The highest BCUT2D eigenvalue weighted by atomic mass is 35.5. The highest BCUT2D eigenvalue weighted by Crippen LogP contribution is 2.37. The van der Waals surface area contributed by atoms with E-state index in [1.54, 1.807) is 0 Å². The summed E-state index contributed by atoms with van der Waals surface area (Å²) in [5, 5.41) is 0.700. The van der Waals surface area contributed by atoms with Crippen molar-refractivity contribution >= 4 is 28.6 Å². The number of halogens is 1. The molecule has 0 bridgehead atoms. The summed E-state index contributed by atoms with van der Waals surface area (Å²) in [6, 6.07) is 6.01. The third-order valence-electron chi connectivity index (χ3n) is 3.72. The van der Waals surface area contributed by atoms with Crippen LogP contribution in [0.15, 0.2) is 18.2 Å². The molecule has 2 aromatic rings. The molecule has 102 valence electrons. The number of rotatable bonds is 1. The van der Waals surface area contributed by atoms with Gasteiger partial charge < -0.3 is 15.0 Å². The Morgan fingerprint density at radius 1 is 1.47 bits per heavy atom. The first-order valence-electron chi connectivity index (χ1n) is 6.54. The number of fused-ring (bicyclic) bond motifs is 1. The van der Waals surface area contributed by atoms with Gasteiger partial charge in [0.25, 0.3) is 0 Å². The second kappa shape index (κ2) is 4.39. The minimum Gasteiger partial charge on any atom is -0.375 e. The Morgan fingerprint density at radius 2 is 2.26 bits per heavy atom. The topological polar surface area (TPSA) is 53.1 Å². The van der Waals surface area contributed by atoms with Crippen LogP contribution in [0, 0.1) is 0 Å². The summed E-state index contributed by atoms with van der Waals surface area (Å²) >= 11 is 6.32. The Bertz CT molecular complexity index is 620. The highest BCUT2D eigenvalue weighted by Gasteiger charge is 2.31. The number of anilines is 1. The van der Waals surface area contributed by atoms with Crippen LogP contribution in [0.2, 0.25) is 5.02 Å². The molecular formula is C14H18ClN3O. The molecule has 0 radical (unpaired) electrons. The smallest absolute Gasteiger partial charge is 0.201 e. The second-order valence-electron chi connectivity index (χ2n) is 5.70. The van der Waals surface area contributed by atoms with Gasteiger partial charge in [-0.25, -0.2) is 4.98 Å². The van der Waals surface area contributed by atoms with E-state index in [-0.39, 0.29) is 11.6 Å². The van der Waals surface area contributed by atoms with E-state index < -0.39 is 0 Å². The molecule has 0 saturated carbocycles. The zero-order chi connectivity index (χ0) is 13.6. The molecule has 1 aliphatic rings. The lowest BCUT2D eigenvalue weighted by Crippen LogP contribution is -2.35. The van der Waals surface area contributed by atoms with Gasteiger partial charge in [0.1, 0.15) is 0 Å². The Labute approximate surface area is 117 Å². The Kier molecular flexibility index (Phi) is 2.95. The van der Waals surface area contributed by atoms with Gasteiger partial charge in [-0.2, -0.15) is 0 Å². The van der Waals surface area contributed by atoms with E-state index in [1.165, 1.54) is 0 Å². The van der Waals surface area contributed by atoms with Crippen molar-refractivity contribution in [3.05, 3.63) is 23.2 Å². The number of benzene rings is 1. The van der Waals surface area contributed by atoms with Crippen LogP contribution in [0.5, 0.6) is 0 Å². The first-order valence-corrected chi connectivity index (χ1v) is 6.92. The van der Waals surface area contributed by atoms with Crippen molar-refractivity contribution in [3.63, 3.8) is 0 Å². The summed E-state index contributed by atoms with van der Waals surface area (Å²) in [6.45, 7) is 4.95. The van der Waals surface area contributed by atoms with Gasteiger partial charge in [-0.15, -0.1) is 0 Å². The van der Waals surface area contributed by atoms with Crippen LogP contribution in [0.3, 0.4) is 0 Å². The van der Waals surface area contributed by atoms with Crippen molar-refractivity contribution in [2.24, 2.45) is 0 Å². The second-order valence-corrected chi connectivity index (χ2v) is 6.11. The lowest BCUT2D eigenvalue weighted by atomic mass is 9.93. The van der Waals surface area contributed by atoms with Gasteiger partial charge in [0.2, 0.25) is 5.95 Å². The summed E-state index contributed by atoms with van der Waals surface area (Å²) < 4.78 is 7.84. The largest absolute Gasteiger partial charge is 0.375 e. The van der Waals surface area contributed by atoms with Crippen molar-refractivity contribution in [1.29, 1.82) is 0 Å². The van der Waals surface area contributed by atoms with Crippen LogP contribution in [-0.4, -0.2) is 21.8 Å². The molecule has 1 aromatic heterocycles. The lowest BCUT2D eigenvalue weighted by Gasteiger charge is -2.36. The third kappa shape index (κ3) is 2.19. The summed E-state index contributed by atoms with van der Waals surface area (Å²) in [7, 11) is 0. The van der Waals surface area contributed by atoms with E-state index in [4.69, 9.17) is 22.1 Å². The maximum Gasteiger partial charge on any atom is 0.201 e. The van der Waals surface area contributed by atoms with Crippen LogP contribution in [-0.2, 0) is 4.74 Å². The van der Waals surface area contributed by atoms with Crippen LogP contribution in [0.4, 0.5) is 5.95 Å². The van der Waals surface area contributed by atoms with Crippen molar-refractivity contribution < 1.29 is 4.74 Å². The van der Waals surface area contributed by atoms with E-state index in [0.29, 0.717) is 11.0 Å². The number of nitrogens with two attached hydrogens (primary N) is 1. The summed E-state index contributed by atoms with van der Waals surface area (Å²) in [5.74, 6) is 0.533. The first-order chi connectivity index (χ1) is 8.98. The zero-order valence-corrected chi connectivity index (χ0v) is 11.9. The van der Waals surface area contributed by atoms with Crippen LogP contribution in [0.1, 0.15) is 32.7 Å². The zero-order valence-electron chi connectivity index (χ0n) is 11.2. The molecule has 0 amide bonds. The number of hydrogen-bond acceptors (Lipinski definition) is 3. The average molecular weight is 280 g/mol. The summed E-state index contributed by atoms with van der Waals surface area (Å²) in [5.41, 5.74) is 7.75. The van der Waals surface area contributed by atoms with Gasteiger partial charge in [0.05, 0.1) is 21.7 Å². The van der Waals surface area contributed by atoms with Gasteiger partial charge in [-0.3, -0.25) is 0 Å².